The van der Waals surface area contributed by atoms with Crippen LogP contribution in [0.1, 0.15) is 33.3 Å². The molecule has 0 amide bonds. The first-order valence-corrected chi connectivity index (χ1v) is 9.18. The van der Waals surface area contributed by atoms with Gasteiger partial charge in [-0.15, -0.1) is 0 Å². The molecule has 1 unspecified atom stereocenters. The highest BCUT2D eigenvalue weighted by molar-refractivity contribution is 6.06. The predicted octanol–water partition coefficient (Wildman–Crippen LogP) is 3.44. The molecule has 2 heterocycles. The van der Waals surface area contributed by atoms with Gasteiger partial charge in [0.05, 0.1) is 19.9 Å². The van der Waals surface area contributed by atoms with E-state index in [-0.39, 0.29) is 17.4 Å². The van der Waals surface area contributed by atoms with E-state index >= 15 is 0 Å². The van der Waals surface area contributed by atoms with Crippen LogP contribution in [0.2, 0.25) is 0 Å². The quantitative estimate of drug-likeness (QED) is 0.633. The fourth-order valence-electron chi connectivity index (χ4n) is 3.53. The number of rotatable bonds is 4. The van der Waals surface area contributed by atoms with E-state index in [9.17, 15) is 9.59 Å². The monoisotopic (exact) mass is 392 g/mol. The van der Waals surface area contributed by atoms with Crippen LogP contribution in [0.5, 0.6) is 5.75 Å². The lowest BCUT2D eigenvalue weighted by molar-refractivity contribution is 0.0549. The molecule has 1 aliphatic heterocycles. The molecule has 4 rings (SSSR count). The van der Waals surface area contributed by atoms with Crippen molar-refractivity contribution in [3.63, 3.8) is 0 Å². The van der Waals surface area contributed by atoms with Crippen LogP contribution in [-0.4, -0.2) is 42.0 Å². The highest BCUT2D eigenvalue weighted by Crippen LogP contribution is 2.35. The number of aromatic nitrogens is 2. The molecule has 148 valence electrons. The molecular formula is C22H20N2O5. The Morgan fingerprint density at radius 3 is 2.48 bits per heavy atom. The van der Waals surface area contributed by atoms with Crippen molar-refractivity contribution >= 4 is 11.9 Å². The van der Waals surface area contributed by atoms with E-state index in [1.54, 1.807) is 12.1 Å². The molecule has 0 fully saturated rings. The summed E-state index contributed by atoms with van der Waals surface area (Å²) in [5, 5.41) is 4.61. The third-order valence-corrected chi connectivity index (χ3v) is 4.82. The number of esters is 2. The number of carbonyl (C=O) groups is 2. The maximum atomic E-state index is 12.7. The van der Waals surface area contributed by atoms with Gasteiger partial charge in [-0.05, 0) is 42.8 Å². The molecule has 0 radical (unpaired) electrons. The molecule has 0 spiro atoms. The summed E-state index contributed by atoms with van der Waals surface area (Å²) in [5.41, 5.74) is 2.79. The van der Waals surface area contributed by atoms with Crippen LogP contribution >= 0.6 is 0 Å². The summed E-state index contributed by atoms with van der Waals surface area (Å²) in [4.78, 5) is 25.3. The van der Waals surface area contributed by atoms with Gasteiger partial charge in [0.1, 0.15) is 23.1 Å². The van der Waals surface area contributed by atoms with E-state index in [2.05, 4.69) is 5.10 Å². The molecular weight excluding hydrogens is 372 g/mol. The van der Waals surface area contributed by atoms with E-state index in [0.717, 1.165) is 17.7 Å². The van der Waals surface area contributed by atoms with Crippen molar-refractivity contribution in [3.8, 4) is 22.7 Å². The Balaban J connectivity index is 1.97. The fraction of sp³-hybridized carbons (Fsp3) is 0.227. The van der Waals surface area contributed by atoms with Crippen LogP contribution in [0, 0.1) is 0 Å². The van der Waals surface area contributed by atoms with Crippen molar-refractivity contribution in [1.82, 2.24) is 9.78 Å². The molecule has 0 aliphatic carbocycles. The first kappa shape index (κ1) is 18.7. The van der Waals surface area contributed by atoms with Gasteiger partial charge < -0.3 is 14.2 Å². The average Bonchev–Trinajstić information content (AvgIpc) is 3.32. The molecule has 1 aromatic heterocycles. The maximum absolute atomic E-state index is 12.7. The van der Waals surface area contributed by atoms with Crippen LogP contribution in [0.3, 0.4) is 0 Å². The predicted molar refractivity (Wildman–Crippen MR) is 105 cm³/mol. The summed E-state index contributed by atoms with van der Waals surface area (Å²) in [7, 11) is 2.53. The van der Waals surface area contributed by atoms with Crippen molar-refractivity contribution in [2.24, 2.45) is 0 Å². The van der Waals surface area contributed by atoms with E-state index in [0.29, 0.717) is 16.9 Å². The number of carbonyl (C=O) groups excluding carboxylic acids is 2. The third kappa shape index (κ3) is 3.24. The molecule has 1 atom stereocenters. The molecule has 0 saturated carbocycles. The summed E-state index contributed by atoms with van der Waals surface area (Å²) >= 11 is 0. The Bertz CT molecular complexity index is 1090. The first-order valence-electron chi connectivity index (χ1n) is 9.18. The number of hydrogen-bond acceptors (Lipinski definition) is 6. The third-order valence-electron chi connectivity index (χ3n) is 4.82. The second kappa shape index (κ2) is 7.43. The topological polar surface area (TPSA) is 79.7 Å². The van der Waals surface area contributed by atoms with Gasteiger partial charge in [0.15, 0.2) is 5.69 Å². The maximum Gasteiger partial charge on any atom is 0.357 e. The lowest BCUT2D eigenvalue weighted by Crippen LogP contribution is -2.15. The van der Waals surface area contributed by atoms with Crippen molar-refractivity contribution in [2.45, 2.75) is 19.4 Å². The molecule has 0 N–H and O–H groups in total. The van der Waals surface area contributed by atoms with Crippen molar-refractivity contribution in [1.29, 1.82) is 0 Å². The summed E-state index contributed by atoms with van der Waals surface area (Å²) in [5.74, 6) is -0.518. The fourth-order valence-corrected chi connectivity index (χ4v) is 3.53. The minimum absolute atomic E-state index is 0.0191. The number of hydrogen-bond donors (Lipinski definition) is 0. The second-order valence-corrected chi connectivity index (χ2v) is 6.76. The summed E-state index contributed by atoms with van der Waals surface area (Å²) in [6.45, 7) is 2.00. The zero-order chi connectivity index (χ0) is 20.5. The van der Waals surface area contributed by atoms with Gasteiger partial charge in [0, 0.05) is 12.0 Å². The van der Waals surface area contributed by atoms with Crippen LogP contribution in [-0.2, 0) is 15.9 Å². The lowest BCUT2D eigenvalue weighted by atomic mass is 10.0. The summed E-state index contributed by atoms with van der Waals surface area (Å²) < 4.78 is 17.1. The van der Waals surface area contributed by atoms with Crippen molar-refractivity contribution < 1.29 is 23.8 Å². The number of nitrogens with zero attached hydrogens (tertiary/aromatic N) is 2. The van der Waals surface area contributed by atoms with Crippen LogP contribution < -0.4 is 4.74 Å². The van der Waals surface area contributed by atoms with Gasteiger partial charge in [0.25, 0.3) is 0 Å². The Labute approximate surface area is 167 Å². The zero-order valence-corrected chi connectivity index (χ0v) is 16.3. The normalized spacial score (nSPS) is 14.8. The van der Waals surface area contributed by atoms with E-state index < -0.39 is 11.9 Å². The molecule has 0 bridgehead atoms. The SMILES string of the molecule is COC(=O)c1c(-c2ccc3c(c2)CC(C)O3)nn(-c2ccccc2)c1C(=O)OC. The number of fused-ring (bicyclic) bond motifs is 1. The first-order chi connectivity index (χ1) is 14.0. The second-order valence-electron chi connectivity index (χ2n) is 6.76. The standard InChI is InChI=1S/C22H20N2O5/c1-13-11-15-12-14(9-10-17(15)29-13)19-18(21(25)27-2)20(22(26)28-3)24(23-19)16-7-5-4-6-8-16/h4-10,12-13H,11H2,1-3H3. The number of para-hydroxylation sites is 1. The van der Waals surface area contributed by atoms with Crippen LogP contribution in [0.25, 0.3) is 16.9 Å². The smallest absolute Gasteiger partial charge is 0.357 e. The Morgan fingerprint density at radius 2 is 1.79 bits per heavy atom. The highest BCUT2D eigenvalue weighted by atomic mass is 16.5. The Hall–Kier alpha value is -3.61. The van der Waals surface area contributed by atoms with Gasteiger partial charge in [0.2, 0.25) is 0 Å². The van der Waals surface area contributed by atoms with Crippen LogP contribution in [0.4, 0.5) is 0 Å². The minimum Gasteiger partial charge on any atom is -0.490 e. The molecule has 0 saturated heterocycles. The van der Waals surface area contributed by atoms with Gasteiger partial charge in [-0.1, -0.05) is 18.2 Å². The number of methoxy groups -OCH3 is 2. The van der Waals surface area contributed by atoms with Gasteiger partial charge >= 0.3 is 11.9 Å². The number of benzene rings is 2. The summed E-state index contributed by atoms with van der Waals surface area (Å²) in [6.07, 6.45) is 0.854. The van der Waals surface area contributed by atoms with E-state index in [4.69, 9.17) is 14.2 Å². The minimum atomic E-state index is -0.675. The summed E-state index contributed by atoms with van der Waals surface area (Å²) in [6, 6.07) is 14.7. The van der Waals surface area contributed by atoms with Gasteiger partial charge in [-0.25, -0.2) is 14.3 Å². The van der Waals surface area contributed by atoms with Gasteiger partial charge in [-0.2, -0.15) is 5.10 Å². The average molecular weight is 392 g/mol. The largest absolute Gasteiger partial charge is 0.490 e. The molecule has 29 heavy (non-hydrogen) atoms. The molecule has 2 aromatic carbocycles. The van der Waals surface area contributed by atoms with Gasteiger partial charge in [-0.3, -0.25) is 0 Å². The van der Waals surface area contributed by atoms with Crippen LogP contribution in [0.15, 0.2) is 48.5 Å². The van der Waals surface area contributed by atoms with E-state index in [1.807, 2.05) is 43.3 Å². The van der Waals surface area contributed by atoms with E-state index in [1.165, 1.54) is 18.9 Å². The highest BCUT2D eigenvalue weighted by Gasteiger charge is 2.32. The zero-order valence-electron chi connectivity index (χ0n) is 16.3. The molecule has 1 aliphatic rings. The van der Waals surface area contributed by atoms with Crippen molar-refractivity contribution in [2.75, 3.05) is 14.2 Å². The van der Waals surface area contributed by atoms with Crippen molar-refractivity contribution in [3.05, 3.63) is 65.4 Å². The lowest BCUT2D eigenvalue weighted by Gasteiger charge is -2.07. The molecule has 3 aromatic rings. The number of ether oxygens (including phenoxy) is 3. The molecule has 7 heteroatoms. The molecule has 7 nitrogen and oxygen atoms in total. The Kier molecular flexibility index (Phi) is 4.80. The Morgan fingerprint density at radius 1 is 1.07 bits per heavy atom.